The number of aromatic nitrogens is 3. The number of benzene rings is 2. The SMILES string of the molecule is CNC(=O)COc1cc2cc(Nc3nc(N4CCC[C@H](COc5cccc6c5C(=O)N(C5CCC(=O)NC5=O)C6=O)C4)ncc3Cl)ccc2n(CC2COC2)c1=O. The predicted molar refractivity (Wildman–Crippen MR) is 206 cm³/mol. The molecule has 5 amide bonds. The first-order valence-electron chi connectivity index (χ1n) is 18.7. The van der Waals surface area contributed by atoms with E-state index in [2.05, 4.69) is 20.9 Å². The fourth-order valence-electron chi connectivity index (χ4n) is 7.52. The zero-order chi connectivity index (χ0) is 39.8. The summed E-state index contributed by atoms with van der Waals surface area (Å²) in [5.74, 6) is -1.35. The number of hydrogen-bond donors (Lipinski definition) is 3. The first-order chi connectivity index (χ1) is 27.6. The van der Waals surface area contributed by atoms with Crippen LogP contribution in [0.4, 0.5) is 17.5 Å². The molecule has 4 aliphatic rings. The van der Waals surface area contributed by atoms with Gasteiger partial charge in [-0.1, -0.05) is 17.7 Å². The lowest BCUT2D eigenvalue weighted by Gasteiger charge is -2.33. The van der Waals surface area contributed by atoms with E-state index >= 15 is 0 Å². The molecular formula is C39H39ClN8O9. The number of nitrogens with zero attached hydrogens (tertiary/aromatic N) is 5. The molecule has 8 rings (SSSR count). The Morgan fingerprint density at radius 3 is 2.63 bits per heavy atom. The lowest BCUT2D eigenvalue weighted by Crippen LogP contribution is -2.54. The van der Waals surface area contributed by atoms with Crippen LogP contribution in [0.1, 0.15) is 46.4 Å². The number of nitrogens with one attached hydrogen (secondary N) is 3. The van der Waals surface area contributed by atoms with E-state index in [0.29, 0.717) is 66.2 Å². The van der Waals surface area contributed by atoms with E-state index in [1.54, 1.807) is 22.8 Å². The largest absolute Gasteiger partial charge is 0.492 e. The Morgan fingerprint density at radius 1 is 1.02 bits per heavy atom. The quantitative estimate of drug-likeness (QED) is 0.177. The van der Waals surface area contributed by atoms with Gasteiger partial charge in [-0.2, -0.15) is 4.98 Å². The molecule has 0 aliphatic carbocycles. The Labute approximate surface area is 330 Å². The molecule has 0 radical (unpaired) electrons. The van der Waals surface area contributed by atoms with Crippen molar-refractivity contribution in [2.75, 3.05) is 56.8 Å². The van der Waals surface area contributed by atoms with Gasteiger partial charge in [0.15, 0.2) is 18.2 Å². The number of hydrogen-bond acceptors (Lipinski definition) is 13. The number of anilines is 3. The van der Waals surface area contributed by atoms with Gasteiger partial charge in [-0.15, -0.1) is 0 Å². The van der Waals surface area contributed by atoms with E-state index < -0.39 is 29.7 Å². The third kappa shape index (κ3) is 7.59. The number of imide groups is 2. The molecule has 2 aromatic carbocycles. The molecule has 17 nitrogen and oxygen atoms in total. The van der Waals surface area contributed by atoms with E-state index in [1.807, 2.05) is 23.1 Å². The Balaban J connectivity index is 0.964. The molecule has 2 aromatic heterocycles. The van der Waals surface area contributed by atoms with E-state index in [9.17, 15) is 28.8 Å². The molecular weight excluding hydrogens is 760 g/mol. The van der Waals surface area contributed by atoms with Gasteiger partial charge in [-0.3, -0.25) is 39.0 Å². The van der Waals surface area contributed by atoms with Crippen molar-refractivity contribution in [1.82, 2.24) is 30.1 Å². The Hall–Kier alpha value is -6.07. The van der Waals surface area contributed by atoms with Crippen molar-refractivity contribution in [3.8, 4) is 11.5 Å². The van der Waals surface area contributed by atoms with Crippen molar-refractivity contribution in [2.24, 2.45) is 11.8 Å². The van der Waals surface area contributed by atoms with Crippen LogP contribution in [-0.4, -0.2) is 102 Å². The van der Waals surface area contributed by atoms with Crippen molar-refractivity contribution < 1.29 is 38.2 Å². The van der Waals surface area contributed by atoms with E-state index in [4.69, 9.17) is 30.8 Å². The minimum atomic E-state index is -1.07. The van der Waals surface area contributed by atoms with E-state index in [0.717, 1.165) is 17.7 Å². The standard InChI is InChI=1S/C39H39ClN8O9/c1-41-32(50)20-57-30-13-23-12-24(7-8-27(23)47(37(30)53)16-22-17-55-18-22)43-34-26(40)14-42-39(45-34)46-11-3-4-21(15-46)19-56-29-6-2-5-25-33(29)38(54)48(36(25)52)28-9-10-31(49)44-35(28)51/h2,5-8,12-14,21-22,28H,3-4,9-11,15-20H2,1H3,(H,41,50)(H,42,43,45)(H,44,49,51)/t21-,28?/m0/s1. The van der Waals surface area contributed by atoms with Crippen LogP contribution < -0.4 is 35.9 Å². The van der Waals surface area contributed by atoms with Crippen LogP contribution in [0.5, 0.6) is 11.5 Å². The first-order valence-corrected chi connectivity index (χ1v) is 19.1. The summed E-state index contributed by atoms with van der Waals surface area (Å²) < 4.78 is 18.8. The number of carbonyl (C=O) groups is 5. The number of amides is 5. The number of piperidine rings is 2. The van der Waals surface area contributed by atoms with Gasteiger partial charge in [0.25, 0.3) is 23.3 Å². The lowest BCUT2D eigenvalue weighted by molar-refractivity contribution is -0.136. The number of halogens is 1. The third-order valence-corrected chi connectivity index (χ3v) is 10.8. The number of likely N-dealkylation sites (N-methyl/N-ethyl adjacent to an activating group) is 1. The molecule has 4 aromatic rings. The van der Waals surface area contributed by atoms with Crippen LogP contribution in [0.3, 0.4) is 0 Å². The molecule has 2 atom stereocenters. The third-order valence-electron chi connectivity index (χ3n) is 10.5. The number of rotatable bonds is 12. The maximum atomic E-state index is 13.5. The lowest BCUT2D eigenvalue weighted by atomic mass is 9.99. The molecule has 0 saturated carbocycles. The van der Waals surface area contributed by atoms with E-state index in [-0.39, 0.29) is 72.0 Å². The second-order valence-corrected chi connectivity index (χ2v) is 14.9. The predicted octanol–water partition coefficient (Wildman–Crippen LogP) is 2.66. The first kappa shape index (κ1) is 37.8. The van der Waals surface area contributed by atoms with Gasteiger partial charge in [-0.25, -0.2) is 4.98 Å². The second kappa shape index (κ2) is 15.8. The highest BCUT2D eigenvalue weighted by molar-refractivity contribution is 6.33. The summed E-state index contributed by atoms with van der Waals surface area (Å²) in [5.41, 5.74) is 1.27. The number of carbonyl (C=O) groups excluding carboxylic acids is 5. The average Bonchev–Trinajstić information content (AvgIpc) is 3.45. The summed E-state index contributed by atoms with van der Waals surface area (Å²) in [6, 6.07) is 10.9. The topological polar surface area (TPSA) is 203 Å². The van der Waals surface area contributed by atoms with Gasteiger partial charge < -0.3 is 34.3 Å². The van der Waals surface area contributed by atoms with Gasteiger partial charge in [0, 0.05) is 56.0 Å². The molecule has 0 bridgehead atoms. The van der Waals surface area contributed by atoms with Crippen molar-refractivity contribution in [3.63, 3.8) is 0 Å². The highest BCUT2D eigenvalue weighted by Gasteiger charge is 2.46. The van der Waals surface area contributed by atoms with Gasteiger partial charge in [0.1, 0.15) is 16.8 Å². The van der Waals surface area contributed by atoms with Crippen molar-refractivity contribution in [1.29, 1.82) is 0 Å². The van der Waals surface area contributed by atoms with Crippen LogP contribution in [0.25, 0.3) is 10.9 Å². The van der Waals surface area contributed by atoms with Crippen molar-refractivity contribution >= 4 is 69.5 Å². The number of fused-ring (bicyclic) bond motifs is 2. The molecule has 1 unspecified atom stereocenters. The summed E-state index contributed by atoms with van der Waals surface area (Å²) in [5, 5.41) is 8.99. The fourth-order valence-corrected chi connectivity index (χ4v) is 7.65. The van der Waals surface area contributed by atoms with Crippen LogP contribution >= 0.6 is 11.6 Å². The Kier molecular flexibility index (Phi) is 10.5. The zero-order valence-corrected chi connectivity index (χ0v) is 31.7. The molecule has 296 valence electrons. The maximum absolute atomic E-state index is 13.5. The van der Waals surface area contributed by atoms with Crippen LogP contribution in [0.15, 0.2) is 53.5 Å². The minimum absolute atomic E-state index is 0.0214. The molecule has 4 aliphatic heterocycles. The highest BCUT2D eigenvalue weighted by atomic mass is 35.5. The molecule has 3 N–H and O–H groups in total. The summed E-state index contributed by atoms with van der Waals surface area (Å²) in [4.78, 5) is 88.6. The Morgan fingerprint density at radius 2 is 1.86 bits per heavy atom. The average molecular weight is 799 g/mol. The molecule has 3 fully saturated rings. The summed E-state index contributed by atoms with van der Waals surface area (Å²) in [6.45, 7) is 2.73. The number of pyridine rings is 1. The molecule has 0 spiro atoms. The smallest absolute Gasteiger partial charge is 0.293 e. The van der Waals surface area contributed by atoms with Crippen molar-refractivity contribution in [2.45, 2.75) is 38.3 Å². The monoisotopic (exact) mass is 798 g/mol. The van der Waals surface area contributed by atoms with Crippen LogP contribution in [0.2, 0.25) is 5.02 Å². The molecule has 6 heterocycles. The number of ether oxygens (including phenoxy) is 3. The molecule has 3 saturated heterocycles. The fraction of sp³-hybridized carbons (Fsp3) is 0.385. The van der Waals surface area contributed by atoms with Crippen molar-refractivity contribution in [3.05, 3.63) is 75.2 Å². The minimum Gasteiger partial charge on any atom is -0.492 e. The summed E-state index contributed by atoms with van der Waals surface area (Å²) in [6.07, 6.45) is 3.28. The van der Waals surface area contributed by atoms with Crippen LogP contribution in [-0.2, 0) is 25.7 Å². The normalized spacial score (nSPS) is 19.6. The summed E-state index contributed by atoms with van der Waals surface area (Å²) >= 11 is 6.59. The maximum Gasteiger partial charge on any atom is 0.293 e. The zero-order valence-electron chi connectivity index (χ0n) is 30.9. The molecule has 57 heavy (non-hydrogen) atoms. The van der Waals surface area contributed by atoms with Crippen LogP contribution in [0, 0.1) is 11.8 Å². The summed E-state index contributed by atoms with van der Waals surface area (Å²) in [7, 11) is 1.49. The van der Waals surface area contributed by atoms with E-state index in [1.165, 1.54) is 19.3 Å². The van der Waals surface area contributed by atoms with Gasteiger partial charge in [0.2, 0.25) is 17.8 Å². The highest BCUT2D eigenvalue weighted by Crippen LogP contribution is 2.35. The van der Waals surface area contributed by atoms with Gasteiger partial charge >= 0.3 is 0 Å². The molecule has 18 heteroatoms. The Bertz CT molecular complexity index is 2370. The second-order valence-electron chi connectivity index (χ2n) is 14.4. The van der Waals surface area contributed by atoms with Gasteiger partial charge in [-0.05, 0) is 55.7 Å². The van der Waals surface area contributed by atoms with Gasteiger partial charge in [0.05, 0.1) is 42.7 Å².